The van der Waals surface area contributed by atoms with Crippen molar-refractivity contribution in [3.05, 3.63) is 12.4 Å². The van der Waals surface area contributed by atoms with Gasteiger partial charge >= 0.3 is 6.09 Å². The quantitative estimate of drug-likeness (QED) is 0.508. The van der Waals surface area contributed by atoms with E-state index in [1.54, 1.807) is 4.90 Å². The number of nitrogens with zero attached hydrogens (tertiary/aromatic N) is 6. The molecule has 1 aromatic rings. The lowest BCUT2D eigenvalue weighted by atomic mass is 9.98. The number of amides is 2. The first-order valence-corrected chi connectivity index (χ1v) is 13.1. The average molecular weight is 497 g/mol. The zero-order valence-corrected chi connectivity index (χ0v) is 20.4. The number of likely N-dealkylation sites (tertiary alicyclic amines) is 2. The van der Waals surface area contributed by atoms with Crippen molar-refractivity contribution >= 4 is 27.8 Å². The third-order valence-electron chi connectivity index (χ3n) is 6.57. The molecule has 3 saturated heterocycles. The maximum Gasteiger partial charge on any atom is 0.409 e. The molecule has 0 spiro atoms. The van der Waals surface area contributed by atoms with Gasteiger partial charge in [-0.1, -0.05) is 0 Å². The molecule has 3 aliphatic heterocycles. The van der Waals surface area contributed by atoms with Gasteiger partial charge in [0.05, 0.1) is 38.4 Å². The molecule has 0 bridgehead atoms. The van der Waals surface area contributed by atoms with Crippen LogP contribution in [0, 0.1) is 11.8 Å². The van der Waals surface area contributed by atoms with Crippen molar-refractivity contribution in [2.24, 2.45) is 11.8 Å². The predicted octanol–water partition coefficient (Wildman–Crippen LogP) is -0.126. The number of rotatable bonds is 7. The van der Waals surface area contributed by atoms with Crippen molar-refractivity contribution in [3.8, 4) is 5.88 Å². The van der Waals surface area contributed by atoms with Crippen molar-refractivity contribution in [3.63, 3.8) is 0 Å². The van der Waals surface area contributed by atoms with E-state index in [2.05, 4.69) is 14.9 Å². The number of piperidine rings is 1. The van der Waals surface area contributed by atoms with Crippen LogP contribution in [0.15, 0.2) is 12.4 Å². The van der Waals surface area contributed by atoms with Crippen LogP contribution >= 0.6 is 0 Å². The Labute approximate surface area is 199 Å². The Morgan fingerprint density at radius 2 is 1.82 bits per heavy atom. The number of carbonyl (C=O) groups excluding carboxylic acids is 2. The average Bonchev–Trinajstić information content (AvgIpc) is 2.82. The van der Waals surface area contributed by atoms with E-state index in [1.165, 1.54) is 28.7 Å². The lowest BCUT2D eigenvalue weighted by Crippen LogP contribution is -2.55. The van der Waals surface area contributed by atoms with Crippen molar-refractivity contribution in [1.82, 2.24) is 24.1 Å². The number of carbonyl (C=O) groups is 2. The molecule has 0 aromatic carbocycles. The van der Waals surface area contributed by atoms with E-state index in [0.717, 1.165) is 25.9 Å². The molecule has 0 atom stereocenters. The van der Waals surface area contributed by atoms with Gasteiger partial charge in [-0.05, 0) is 31.7 Å². The summed E-state index contributed by atoms with van der Waals surface area (Å²) in [7, 11) is -0.129. The molecule has 13 heteroatoms. The normalized spacial score (nSPS) is 21.4. The van der Waals surface area contributed by atoms with Crippen LogP contribution in [-0.4, -0.2) is 117 Å². The molecule has 0 saturated carbocycles. The number of methoxy groups -OCH3 is 1. The fourth-order valence-corrected chi connectivity index (χ4v) is 6.29. The van der Waals surface area contributed by atoms with E-state index >= 15 is 0 Å². The summed E-state index contributed by atoms with van der Waals surface area (Å²) in [6, 6.07) is 0. The monoisotopic (exact) mass is 496 g/mol. The Hall–Kier alpha value is -2.51. The second kappa shape index (κ2) is 10.4. The van der Waals surface area contributed by atoms with Gasteiger partial charge in [-0.25, -0.2) is 23.2 Å². The van der Waals surface area contributed by atoms with Crippen LogP contribution in [-0.2, 0) is 19.6 Å². The van der Waals surface area contributed by atoms with Crippen LogP contribution in [0.25, 0.3) is 0 Å². The molecule has 1 aromatic heterocycles. The Kier molecular flexibility index (Phi) is 7.53. The highest BCUT2D eigenvalue weighted by atomic mass is 32.2. The minimum atomic E-state index is -3.47. The molecule has 0 radical (unpaired) electrons. The second-order valence-electron chi connectivity index (χ2n) is 9.17. The van der Waals surface area contributed by atoms with Gasteiger partial charge in [0.15, 0.2) is 5.82 Å². The minimum absolute atomic E-state index is 0.0815. The number of hydrogen-bond donors (Lipinski definition) is 0. The summed E-state index contributed by atoms with van der Waals surface area (Å²) in [5.74, 6) is 0.930. The Balaban J connectivity index is 1.24. The summed E-state index contributed by atoms with van der Waals surface area (Å²) in [5, 5.41) is 0. The molecule has 3 fully saturated rings. The van der Waals surface area contributed by atoms with Gasteiger partial charge in [-0.2, -0.15) is 4.31 Å². The highest BCUT2D eigenvalue weighted by Gasteiger charge is 2.36. The standard InChI is InChI=1S/C21H32N6O6S/c1-24-11-17(12-24)15-34(30,31)26-7-8-27(20(28)13-26)18-9-23-19(10-22-18)33-14-16-3-5-25(6-4-16)21(29)32-2/h9-10,16-17H,3-8,11-15H2,1-2H3. The molecule has 4 heterocycles. The Bertz CT molecular complexity index is 976. The molecule has 12 nitrogen and oxygen atoms in total. The molecule has 0 aliphatic carbocycles. The molecule has 3 aliphatic rings. The van der Waals surface area contributed by atoms with E-state index in [4.69, 9.17) is 9.47 Å². The summed E-state index contributed by atoms with van der Waals surface area (Å²) in [6.07, 6.45) is 4.28. The van der Waals surface area contributed by atoms with Crippen LogP contribution in [0.4, 0.5) is 10.6 Å². The van der Waals surface area contributed by atoms with E-state index in [0.29, 0.717) is 37.3 Å². The summed E-state index contributed by atoms with van der Waals surface area (Å²) < 4.78 is 37.1. The van der Waals surface area contributed by atoms with Gasteiger partial charge in [-0.3, -0.25) is 9.69 Å². The van der Waals surface area contributed by atoms with Crippen LogP contribution < -0.4 is 9.64 Å². The van der Waals surface area contributed by atoms with Crippen molar-refractivity contribution < 1.29 is 27.5 Å². The SMILES string of the molecule is COC(=O)N1CCC(COc2cnc(N3CCN(S(=O)(=O)CC4CN(C)C4)CC3=O)cn2)CC1. The van der Waals surface area contributed by atoms with E-state index in [-0.39, 0.29) is 43.3 Å². The number of sulfonamides is 1. The second-order valence-corrected chi connectivity index (χ2v) is 11.2. The molecule has 4 rings (SSSR count). The number of aromatic nitrogens is 2. The molecule has 34 heavy (non-hydrogen) atoms. The van der Waals surface area contributed by atoms with Crippen molar-refractivity contribution in [2.45, 2.75) is 12.8 Å². The van der Waals surface area contributed by atoms with E-state index in [1.807, 2.05) is 7.05 Å². The lowest BCUT2D eigenvalue weighted by Gasteiger charge is -2.38. The van der Waals surface area contributed by atoms with E-state index < -0.39 is 10.0 Å². The Morgan fingerprint density at radius 1 is 1.09 bits per heavy atom. The summed E-state index contributed by atoms with van der Waals surface area (Å²) in [5.41, 5.74) is 0. The molecular weight excluding hydrogens is 464 g/mol. The van der Waals surface area contributed by atoms with Gasteiger partial charge in [0.25, 0.3) is 0 Å². The smallest absolute Gasteiger partial charge is 0.409 e. The molecule has 2 amide bonds. The third kappa shape index (κ3) is 5.76. The zero-order chi connectivity index (χ0) is 24.3. The maximum atomic E-state index is 12.7. The first kappa shape index (κ1) is 24.6. The highest BCUT2D eigenvalue weighted by molar-refractivity contribution is 7.89. The maximum absolute atomic E-state index is 12.7. The van der Waals surface area contributed by atoms with Crippen molar-refractivity contribution in [1.29, 1.82) is 0 Å². The van der Waals surface area contributed by atoms with Gasteiger partial charge in [0.1, 0.15) is 0 Å². The largest absolute Gasteiger partial charge is 0.476 e. The third-order valence-corrected chi connectivity index (χ3v) is 8.56. The van der Waals surface area contributed by atoms with Crippen LogP contribution in [0.1, 0.15) is 12.8 Å². The van der Waals surface area contributed by atoms with Gasteiger partial charge in [-0.15, -0.1) is 0 Å². The zero-order valence-electron chi connectivity index (χ0n) is 19.6. The van der Waals surface area contributed by atoms with Gasteiger partial charge in [0, 0.05) is 39.3 Å². The Morgan fingerprint density at radius 3 is 2.41 bits per heavy atom. The fourth-order valence-electron chi connectivity index (χ4n) is 4.61. The minimum Gasteiger partial charge on any atom is -0.476 e. The van der Waals surface area contributed by atoms with Crippen LogP contribution in [0.3, 0.4) is 0 Å². The number of hydrogen-bond acceptors (Lipinski definition) is 9. The predicted molar refractivity (Wildman–Crippen MR) is 123 cm³/mol. The number of anilines is 1. The molecule has 0 N–H and O–H groups in total. The topological polar surface area (TPSA) is 125 Å². The van der Waals surface area contributed by atoms with Crippen LogP contribution in [0.2, 0.25) is 0 Å². The van der Waals surface area contributed by atoms with Gasteiger partial charge < -0.3 is 19.3 Å². The number of ether oxygens (including phenoxy) is 2. The molecule has 188 valence electrons. The first-order chi connectivity index (χ1) is 16.2. The van der Waals surface area contributed by atoms with Crippen LogP contribution in [0.5, 0.6) is 5.88 Å². The van der Waals surface area contributed by atoms with Crippen molar-refractivity contribution in [2.75, 3.05) is 77.2 Å². The van der Waals surface area contributed by atoms with E-state index in [9.17, 15) is 18.0 Å². The fraction of sp³-hybridized carbons (Fsp3) is 0.714. The highest BCUT2D eigenvalue weighted by Crippen LogP contribution is 2.22. The first-order valence-electron chi connectivity index (χ1n) is 11.5. The van der Waals surface area contributed by atoms with Gasteiger partial charge in [0.2, 0.25) is 21.8 Å². The summed E-state index contributed by atoms with van der Waals surface area (Å²) >= 11 is 0. The number of piperazine rings is 1. The summed E-state index contributed by atoms with van der Waals surface area (Å²) in [6.45, 7) is 3.55. The lowest BCUT2D eigenvalue weighted by molar-refractivity contribution is -0.120. The summed E-state index contributed by atoms with van der Waals surface area (Å²) in [4.78, 5) is 38.0. The molecular formula is C21H32N6O6S. The molecule has 0 unspecified atom stereocenters.